The summed E-state index contributed by atoms with van der Waals surface area (Å²) >= 11 is 1.60. The molecular formula is C15H18N4OS. The second-order valence-electron chi connectivity index (χ2n) is 5.13. The fourth-order valence-corrected chi connectivity index (χ4v) is 3.17. The molecule has 0 atom stereocenters. The van der Waals surface area contributed by atoms with Crippen LogP contribution in [-0.4, -0.2) is 39.1 Å². The molecule has 1 aromatic heterocycles. The molecule has 6 heteroatoms. The van der Waals surface area contributed by atoms with Crippen molar-refractivity contribution in [2.24, 2.45) is 0 Å². The van der Waals surface area contributed by atoms with Gasteiger partial charge in [0.2, 0.25) is 0 Å². The zero-order chi connectivity index (χ0) is 14.5. The van der Waals surface area contributed by atoms with Crippen molar-refractivity contribution in [3.8, 4) is 0 Å². The van der Waals surface area contributed by atoms with Gasteiger partial charge in [0.25, 0.3) is 5.91 Å². The predicted molar refractivity (Wildman–Crippen MR) is 82.1 cm³/mol. The highest BCUT2D eigenvalue weighted by Crippen LogP contribution is 2.19. The van der Waals surface area contributed by atoms with Crippen LogP contribution >= 0.6 is 11.8 Å². The zero-order valence-corrected chi connectivity index (χ0v) is 12.6. The summed E-state index contributed by atoms with van der Waals surface area (Å²) in [5, 5.41) is 7.45. The quantitative estimate of drug-likeness (QED) is 0.882. The van der Waals surface area contributed by atoms with E-state index >= 15 is 0 Å². The van der Waals surface area contributed by atoms with Gasteiger partial charge in [-0.2, -0.15) is 5.10 Å². The topological polar surface area (TPSA) is 61.9 Å². The zero-order valence-electron chi connectivity index (χ0n) is 11.8. The first-order chi connectivity index (χ1) is 10.3. The summed E-state index contributed by atoms with van der Waals surface area (Å²) in [6.45, 7) is 1.78. The first-order valence-electron chi connectivity index (χ1n) is 7.19. The lowest BCUT2D eigenvalue weighted by Crippen LogP contribution is -2.35. The van der Waals surface area contributed by atoms with Crippen LogP contribution in [0, 0.1) is 0 Å². The van der Waals surface area contributed by atoms with Crippen LogP contribution in [0.25, 0.3) is 0 Å². The lowest BCUT2D eigenvalue weighted by atomic mass is 10.1. The number of carbonyl (C=O) groups is 1. The lowest BCUT2D eigenvalue weighted by molar-refractivity contribution is 0.0724. The van der Waals surface area contributed by atoms with E-state index in [1.165, 1.54) is 18.3 Å². The van der Waals surface area contributed by atoms with Crippen molar-refractivity contribution in [1.29, 1.82) is 0 Å². The third-order valence-electron chi connectivity index (χ3n) is 3.61. The summed E-state index contributed by atoms with van der Waals surface area (Å²) < 4.78 is 0. The van der Waals surface area contributed by atoms with Gasteiger partial charge in [-0.25, -0.2) is 4.98 Å². The average molecular weight is 302 g/mol. The summed E-state index contributed by atoms with van der Waals surface area (Å²) in [6.07, 6.45) is 4.99. The molecule has 21 heavy (non-hydrogen) atoms. The maximum Gasteiger partial charge on any atom is 0.253 e. The van der Waals surface area contributed by atoms with Gasteiger partial charge in [0.05, 0.1) is 0 Å². The molecule has 0 aliphatic carbocycles. The fraction of sp³-hybridized carbons (Fsp3) is 0.400. The van der Waals surface area contributed by atoms with Crippen molar-refractivity contribution in [1.82, 2.24) is 20.1 Å². The van der Waals surface area contributed by atoms with E-state index in [4.69, 9.17) is 0 Å². The minimum Gasteiger partial charge on any atom is -0.339 e. The molecule has 2 heterocycles. The Morgan fingerprint density at radius 2 is 1.95 bits per heavy atom. The average Bonchev–Trinajstić information content (AvgIpc) is 3.07. The monoisotopic (exact) mass is 302 g/mol. The van der Waals surface area contributed by atoms with E-state index in [2.05, 4.69) is 15.2 Å². The van der Waals surface area contributed by atoms with Gasteiger partial charge in [-0.15, -0.1) is 0 Å². The maximum atomic E-state index is 12.4. The molecular weight excluding hydrogens is 284 g/mol. The SMILES string of the molecule is O=C(c1ccc(CSc2ncn[nH]2)cc1)N1CCCCC1. The number of piperidine rings is 1. The molecule has 5 nitrogen and oxygen atoms in total. The largest absolute Gasteiger partial charge is 0.339 e. The minimum atomic E-state index is 0.157. The van der Waals surface area contributed by atoms with Crippen LogP contribution < -0.4 is 0 Å². The van der Waals surface area contributed by atoms with Crippen molar-refractivity contribution < 1.29 is 4.79 Å². The number of H-pyrrole nitrogens is 1. The van der Waals surface area contributed by atoms with Gasteiger partial charge >= 0.3 is 0 Å². The van der Waals surface area contributed by atoms with Gasteiger partial charge in [-0.3, -0.25) is 9.89 Å². The van der Waals surface area contributed by atoms with Crippen LogP contribution in [0.1, 0.15) is 35.2 Å². The van der Waals surface area contributed by atoms with E-state index in [1.54, 1.807) is 11.8 Å². The van der Waals surface area contributed by atoms with Crippen molar-refractivity contribution in [3.05, 3.63) is 41.7 Å². The third kappa shape index (κ3) is 3.64. The van der Waals surface area contributed by atoms with Gasteiger partial charge in [-0.1, -0.05) is 23.9 Å². The highest BCUT2D eigenvalue weighted by molar-refractivity contribution is 7.98. The predicted octanol–water partition coefficient (Wildman–Crippen LogP) is 2.72. The molecule has 1 fully saturated rings. The van der Waals surface area contributed by atoms with Crippen LogP contribution in [0.5, 0.6) is 0 Å². The second-order valence-corrected chi connectivity index (χ2v) is 6.09. The van der Waals surface area contributed by atoms with Crippen molar-refractivity contribution in [2.45, 2.75) is 30.2 Å². The fourth-order valence-electron chi connectivity index (χ4n) is 2.44. The normalized spacial score (nSPS) is 15.1. The Morgan fingerprint density at radius 3 is 2.62 bits per heavy atom. The molecule has 1 aliphatic heterocycles. The molecule has 0 spiro atoms. The number of benzene rings is 1. The number of thioether (sulfide) groups is 1. The van der Waals surface area contributed by atoms with E-state index < -0.39 is 0 Å². The minimum absolute atomic E-state index is 0.157. The Morgan fingerprint density at radius 1 is 1.19 bits per heavy atom. The molecule has 1 amide bonds. The summed E-state index contributed by atoms with van der Waals surface area (Å²) in [7, 11) is 0. The number of nitrogens with zero attached hydrogens (tertiary/aromatic N) is 3. The van der Waals surface area contributed by atoms with E-state index in [0.29, 0.717) is 0 Å². The van der Waals surface area contributed by atoms with Gasteiger partial charge in [0.15, 0.2) is 5.16 Å². The molecule has 0 saturated carbocycles. The van der Waals surface area contributed by atoms with Gasteiger partial charge in [-0.05, 0) is 37.0 Å². The molecule has 110 valence electrons. The number of aromatic amines is 1. The Hall–Kier alpha value is -1.82. The molecule has 1 saturated heterocycles. The molecule has 0 radical (unpaired) electrons. The first-order valence-corrected chi connectivity index (χ1v) is 8.18. The molecule has 2 aromatic rings. The highest BCUT2D eigenvalue weighted by Gasteiger charge is 2.17. The smallest absolute Gasteiger partial charge is 0.253 e. The van der Waals surface area contributed by atoms with E-state index in [0.717, 1.165) is 42.4 Å². The number of aromatic nitrogens is 3. The van der Waals surface area contributed by atoms with Gasteiger partial charge in [0.1, 0.15) is 6.33 Å². The Balaban J connectivity index is 1.59. The summed E-state index contributed by atoms with van der Waals surface area (Å²) in [5.41, 5.74) is 1.96. The Labute approximate surface area is 128 Å². The number of rotatable bonds is 4. The summed E-state index contributed by atoms with van der Waals surface area (Å²) in [5.74, 6) is 0.969. The Kier molecular flexibility index (Phi) is 4.55. The third-order valence-corrected chi connectivity index (χ3v) is 4.56. The molecule has 1 N–H and O–H groups in total. The van der Waals surface area contributed by atoms with E-state index in [1.807, 2.05) is 29.2 Å². The van der Waals surface area contributed by atoms with Crippen LogP contribution in [0.2, 0.25) is 0 Å². The summed E-state index contributed by atoms with van der Waals surface area (Å²) in [4.78, 5) is 18.4. The maximum absolute atomic E-state index is 12.4. The second kappa shape index (κ2) is 6.76. The molecule has 1 aromatic carbocycles. The number of amides is 1. The van der Waals surface area contributed by atoms with Crippen LogP contribution in [0.3, 0.4) is 0 Å². The van der Waals surface area contributed by atoms with E-state index in [9.17, 15) is 4.79 Å². The van der Waals surface area contributed by atoms with Crippen molar-refractivity contribution in [3.63, 3.8) is 0 Å². The van der Waals surface area contributed by atoms with Crippen LogP contribution in [-0.2, 0) is 5.75 Å². The molecule has 3 rings (SSSR count). The highest BCUT2D eigenvalue weighted by atomic mass is 32.2. The number of likely N-dealkylation sites (tertiary alicyclic amines) is 1. The first kappa shape index (κ1) is 14.1. The van der Waals surface area contributed by atoms with Crippen molar-refractivity contribution >= 4 is 17.7 Å². The van der Waals surface area contributed by atoms with Crippen LogP contribution in [0.4, 0.5) is 0 Å². The molecule has 1 aliphatic rings. The van der Waals surface area contributed by atoms with Crippen molar-refractivity contribution in [2.75, 3.05) is 13.1 Å². The number of nitrogens with one attached hydrogen (secondary N) is 1. The number of carbonyl (C=O) groups excluding carboxylic acids is 1. The molecule has 0 unspecified atom stereocenters. The number of hydrogen-bond acceptors (Lipinski definition) is 4. The van der Waals surface area contributed by atoms with Gasteiger partial charge < -0.3 is 4.90 Å². The Bertz CT molecular complexity index is 576. The number of hydrogen-bond donors (Lipinski definition) is 1. The summed E-state index contributed by atoms with van der Waals surface area (Å²) in [6, 6.07) is 7.88. The van der Waals surface area contributed by atoms with Crippen LogP contribution in [0.15, 0.2) is 35.7 Å². The van der Waals surface area contributed by atoms with Gasteiger partial charge in [0, 0.05) is 24.4 Å². The van der Waals surface area contributed by atoms with E-state index in [-0.39, 0.29) is 5.91 Å². The molecule has 0 bridgehead atoms. The lowest BCUT2D eigenvalue weighted by Gasteiger charge is -2.26. The standard InChI is InChI=1S/C15H18N4OS/c20-14(19-8-2-1-3-9-19)13-6-4-12(5-7-13)10-21-15-16-11-17-18-15/h4-7,11H,1-3,8-10H2,(H,16,17,18).